The minimum absolute atomic E-state index is 0.0469. The predicted octanol–water partition coefficient (Wildman–Crippen LogP) is 6.54. The average molecular weight is 443 g/mol. The Labute approximate surface area is 200 Å². The van der Waals surface area contributed by atoms with E-state index in [0.717, 1.165) is 22.3 Å². The van der Waals surface area contributed by atoms with E-state index in [1.165, 1.54) is 0 Å². The summed E-state index contributed by atoms with van der Waals surface area (Å²) < 4.78 is 2.09. The molecule has 1 heterocycles. The fourth-order valence-corrected chi connectivity index (χ4v) is 4.67. The number of rotatable bonds is 8. The van der Waals surface area contributed by atoms with E-state index in [9.17, 15) is 4.79 Å². The number of Topliss-reactive ketones (excluding diaryl/α,β-unsaturated/α-hetero) is 1. The van der Waals surface area contributed by atoms with Crippen molar-refractivity contribution in [3.63, 3.8) is 0 Å². The van der Waals surface area contributed by atoms with Crippen molar-refractivity contribution in [1.29, 1.82) is 0 Å². The first kappa shape index (κ1) is 21.6. The standard InChI is InChI=1S/C31H26N2O/c34-30(22-21-25-13-5-1-6-14-25)29-23-33(24-32-29)31(26-15-7-2-8-16-26,27-17-9-3-10-18-27)28-19-11-4-12-20-28/h1-20,23-24H,21-22H2. The van der Waals surface area contributed by atoms with Crippen LogP contribution in [-0.2, 0) is 12.0 Å². The van der Waals surface area contributed by atoms with E-state index >= 15 is 0 Å². The predicted molar refractivity (Wildman–Crippen MR) is 136 cm³/mol. The van der Waals surface area contributed by atoms with Crippen LogP contribution in [0.15, 0.2) is 134 Å². The number of aromatic nitrogens is 2. The molecule has 0 aliphatic carbocycles. The number of imidazole rings is 1. The van der Waals surface area contributed by atoms with E-state index in [1.54, 1.807) is 6.33 Å². The Kier molecular flexibility index (Phi) is 6.17. The van der Waals surface area contributed by atoms with Crippen LogP contribution in [0.1, 0.15) is 39.2 Å². The Balaban J connectivity index is 1.61. The zero-order valence-corrected chi connectivity index (χ0v) is 18.9. The molecule has 0 saturated carbocycles. The molecule has 5 aromatic rings. The van der Waals surface area contributed by atoms with Gasteiger partial charge in [-0.2, -0.15) is 0 Å². The molecular formula is C31H26N2O. The molecule has 4 aromatic carbocycles. The Morgan fingerprint density at radius 1 is 0.647 bits per heavy atom. The van der Waals surface area contributed by atoms with Crippen molar-refractivity contribution in [2.45, 2.75) is 18.4 Å². The highest BCUT2D eigenvalue weighted by molar-refractivity contribution is 5.94. The second kappa shape index (κ2) is 9.72. The second-order valence-electron chi connectivity index (χ2n) is 8.38. The van der Waals surface area contributed by atoms with Gasteiger partial charge in [-0.15, -0.1) is 0 Å². The van der Waals surface area contributed by atoms with E-state index in [0.29, 0.717) is 18.5 Å². The van der Waals surface area contributed by atoms with Crippen molar-refractivity contribution in [2.75, 3.05) is 0 Å². The van der Waals surface area contributed by atoms with Gasteiger partial charge in [0.25, 0.3) is 0 Å². The molecule has 0 unspecified atom stereocenters. The molecule has 3 heteroatoms. The van der Waals surface area contributed by atoms with Gasteiger partial charge in [0, 0.05) is 12.6 Å². The van der Waals surface area contributed by atoms with Gasteiger partial charge in [-0.3, -0.25) is 4.79 Å². The van der Waals surface area contributed by atoms with Gasteiger partial charge >= 0.3 is 0 Å². The lowest BCUT2D eigenvalue weighted by molar-refractivity contribution is 0.0978. The summed E-state index contributed by atoms with van der Waals surface area (Å²) in [6.45, 7) is 0. The molecule has 0 aliphatic heterocycles. The smallest absolute Gasteiger partial charge is 0.183 e. The van der Waals surface area contributed by atoms with Gasteiger partial charge in [0.1, 0.15) is 11.2 Å². The summed E-state index contributed by atoms with van der Waals surface area (Å²) in [5.41, 5.74) is 4.30. The number of hydrogen-bond donors (Lipinski definition) is 0. The molecule has 34 heavy (non-hydrogen) atoms. The number of hydrogen-bond acceptors (Lipinski definition) is 2. The minimum Gasteiger partial charge on any atom is -0.318 e. The monoisotopic (exact) mass is 442 g/mol. The lowest BCUT2D eigenvalue weighted by Gasteiger charge is -2.37. The maximum atomic E-state index is 13.1. The van der Waals surface area contributed by atoms with Gasteiger partial charge in [0.05, 0.1) is 6.33 Å². The normalized spacial score (nSPS) is 11.3. The van der Waals surface area contributed by atoms with E-state index < -0.39 is 5.54 Å². The molecule has 0 N–H and O–H groups in total. The fourth-order valence-electron chi connectivity index (χ4n) is 4.67. The van der Waals surface area contributed by atoms with Gasteiger partial charge in [-0.25, -0.2) is 4.98 Å². The molecule has 166 valence electrons. The van der Waals surface area contributed by atoms with Crippen LogP contribution in [0.4, 0.5) is 0 Å². The molecule has 0 amide bonds. The summed E-state index contributed by atoms with van der Waals surface area (Å²) >= 11 is 0. The molecule has 5 rings (SSSR count). The van der Waals surface area contributed by atoms with E-state index in [2.05, 4.69) is 94.5 Å². The van der Waals surface area contributed by atoms with Gasteiger partial charge in [-0.05, 0) is 28.7 Å². The molecule has 0 aliphatic rings. The third-order valence-corrected chi connectivity index (χ3v) is 6.31. The first-order valence-corrected chi connectivity index (χ1v) is 11.6. The number of benzene rings is 4. The topological polar surface area (TPSA) is 34.9 Å². The van der Waals surface area contributed by atoms with E-state index in [1.807, 2.05) is 42.6 Å². The molecule has 0 fully saturated rings. The third kappa shape index (κ3) is 4.08. The number of nitrogens with zero attached hydrogens (tertiary/aromatic N) is 2. The number of carbonyl (C=O) groups excluding carboxylic acids is 1. The third-order valence-electron chi connectivity index (χ3n) is 6.31. The van der Waals surface area contributed by atoms with Crippen LogP contribution in [0.5, 0.6) is 0 Å². The number of ketones is 1. The minimum atomic E-state index is -0.658. The highest BCUT2D eigenvalue weighted by atomic mass is 16.1. The van der Waals surface area contributed by atoms with Crippen LogP contribution in [0.25, 0.3) is 0 Å². The van der Waals surface area contributed by atoms with Crippen LogP contribution in [0, 0.1) is 0 Å². The summed E-state index contributed by atoms with van der Waals surface area (Å²) in [6.07, 6.45) is 4.83. The first-order chi connectivity index (χ1) is 16.8. The Hall–Kier alpha value is -4.24. The lowest BCUT2D eigenvalue weighted by atomic mass is 9.77. The molecule has 1 aromatic heterocycles. The quantitative estimate of drug-likeness (QED) is 0.202. The zero-order chi connectivity index (χ0) is 23.2. The van der Waals surface area contributed by atoms with Gasteiger partial charge in [0.15, 0.2) is 5.78 Å². The van der Waals surface area contributed by atoms with Crippen molar-refractivity contribution >= 4 is 5.78 Å². The maximum absolute atomic E-state index is 13.1. The Morgan fingerprint density at radius 2 is 1.09 bits per heavy atom. The number of carbonyl (C=O) groups is 1. The van der Waals surface area contributed by atoms with Crippen LogP contribution in [0.3, 0.4) is 0 Å². The molecule has 0 bridgehead atoms. The Bertz CT molecular complexity index is 1250. The summed E-state index contributed by atoms with van der Waals surface area (Å²) in [5, 5.41) is 0. The van der Waals surface area contributed by atoms with Gasteiger partial charge < -0.3 is 4.57 Å². The highest BCUT2D eigenvalue weighted by Gasteiger charge is 2.38. The molecule has 0 saturated heterocycles. The zero-order valence-electron chi connectivity index (χ0n) is 18.9. The van der Waals surface area contributed by atoms with Crippen LogP contribution in [0.2, 0.25) is 0 Å². The van der Waals surface area contributed by atoms with Crippen LogP contribution < -0.4 is 0 Å². The lowest BCUT2D eigenvalue weighted by Crippen LogP contribution is -2.37. The average Bonchev–Trinajstić information content (AvgIpc) is 3.41. The molecule has 0 radical (unpaired) electrons. The second-order valence-corrected chi connectivity index (χ2v) is 8.38. The first-order valence-electron chi connectivity index (χ1n) is 11.6. The summed E-state index contributed by atoms with van der Waals surface area (Å²) in [7, 11) is 0. The highest BCUT2D eigenvalue weighted by Crippen LogP contribution is 2.40. The summed E-state index contributed by atoms with van der Waals surface area (Å²) in [6, 6.07) is 41.3. The molecule has 0 atom stereocenters. The van der Waals surface area contributed by atoms with E-state index in [-0.39, 0.29) is 5.78 Å². The van der Waals surface area contributed by atoms with Crippen molar-refractivity contribution < 1.29 is 4.79 Å². The summed E-state index contributed by atoms with van der Waals surface area (Å²) in [5.74, 6) is 0.0469. The van der Waals surface area contributed by atoms with Gasteiger partial charge in [0.2, 0.25) is 0 Å². The number of aryl methyl sites for hydroxylation is 1. The largest absolute Gasteiger partial charge is 0.318 e. The Morgan fingerprint density at radius 3 is 1.56 bits per heavy atom. The molecule has 3 nitrogen and oxygen atoms in total. The van der Waals surface area contributed by atoms with Crippen LogP contribution >= 0.6 is 0 Å². The van der Waals surface area contributed by atoms with Crippen molar-refractivity contribution in [3.05, 3.63) is 162 Å². The van der Waals surface area contributed by atoms with Crippen molar-refractivity contribution in [3.8, 4) is 0 Å². The summed E-state index contributed by atoms with van der Waals surface area (Å²) in [4.78, 5) is 17.7. The molecule has 0 spiro atoms. The fraction of sp³-hybridized carbons (Fsp3) is 0.0968. The van der Waals surface area contributed by atoms with Crippen LogP contribution in [-0.4, -0.2) is 15.3 Å². The van der Waals surface area contributed by atoms with Crippen molar-refractivity contribution in [2.24, 2.45) is 0 Å². The van der Waals surface area contributed by atoms with E-state index in [4.69, 9.17) is 0 Å². The van der Waals surface area contributed by atoms with Gasteiger partial charge in [-0.1, -0.05) is 121 Å². The SMILES string of the molecule is O=C(CCc1ccccc1)c1cn(C(c2ccccc2)(c2ccccc2)c2ccccc2)cn1. The maximum Gasteiger partial charge on any atom is 0.183 e. The van der Waals surface area contributed by atoms with Crippen molar-refractivity contribution in [1.82, 2.24) is 9.55 Å². The molecular weight excluding hydrogens is 416 g/mol.